The van der Waals surface area contributed by atoms with Crippen LogP contribution in [-0.2, 0) is 4.79 Å². The Bertz CT molecular complexity index is 366. The third-order valence-corrected chi connectivity index (χ3v) is 3.58. The van der Waals surface area contributed by atoms with Crippen molar-refractivity contribution in [3.63, 3.8) is 0 Å². The number of nitrogens with zero attached hydrogens (tertiary/aromatic N) is 2. The minimum atomic E-state index is -0.417. The molecule has 0 bridgehead atoms. The first-order valence-corrected chi connectivity index (χ1v) is 7.42. The van der Waals surface area contributed by atoms with Crippen LogP contribution in [0.2, 0.25) is 0 Å². The molecule has 1 aliphatic heterocycles. The van der Waals surface area contributed by atoms with E-state index in [4.69, 9.17) is 0 Å². The molecule has 2 rings (SSSR count). The second-order valence-electron chi connectivity index (χ2n) is 6.80. The number of amides is 3. The zero-order valence-electron chi connectivity index (χ0n) is 12.7. The van der Waals surface area contributed by atoms with Gasteiger partial charge in [-0.05, 0) is 33.6 Å². The van der Waals surface area contributed by atoms with Crippen molar-refractivity contribution >= 4 is 11.9 Å². The number of rotatable bonds is 3. The van der Waals surface area contributed by atoms with E-state index in [2.05, 4.69) is 20.4 Å². The maximum absolute atomic E-state index is 11.8. The number of carbonyl (C=O) groups is 2. The van der Waals surface area contributed by atoms with E-state index in [-0.39, 0.29) is 11.4 Å². The Kier molecular flexibility index (Phi) is 4.65. The normalized spacial score (nSPS) is 21.6. The monoisotopic (exact) mass is 282 g/mol. The van der Waals surface area contributed by atoms with Crippen LogP contribution in [0, 0.1) is 0 Å². The molecule has 20 heavy (non-hydrogen) atoms. The third kappa shape index (κ3) is 5.09. The van der Waals surface area contributed by atoms with Crippen LogP contribution in [0.15, 0.2) is 0 Å². The van der Waals surface area contributed by atoms with Crippen molar-refractivity contribution in [3.8, 4) is 0 Å². The van der Waals surface area contributed by atoms with Crippen molar-refractivity contribution < 1.29 is 9.59 Å². The average molecular weight is 282 g/mol. The zero-order valence-corrected chi connectivity index (χ0v) is 12.7. The van der Waals surface area contributed by atoms with Gasteiger partial charge in [0.2, 0.25) is 5.91 Å². The van der Waals surface area contributed by atoms with Gasteiger partial charge in [0, 0.05) is 37.8 Å². The van der Waals surface area contributed by atoms with Crippen LogP contribution in [0.5, 0.6) is 0 Å². The summed E-state index contributed by atoms with van der Waals surface area (Å²) < 4.78 is 0. The van der Waals surface area contributed by atoms with Crippen LogP contribution in [0.25, 0.3) is 0 Å². The number of piperazine rings is 1. The molecular formula is C14H26N4O2. The number of hydrogen-bond donors (Lipinski definition) is 2. The lowest BCUT2D eigenvalue weighted by Crippen LogP contribution is -2.53. The summed E-state index contributed by atoms with van der Waals surface area (Å²) in [5.41, 5.74) is -0.333. The second-order valence-corrected chi connectivity index (χ2v) is 6.80. The highest BCUT2D eigenvalue weighted by Crippen LogP contribution is 2.27. The third-order valence-electron chi connectivity index (χ3n) is 3.58. The van der Waals surface area contributed by atoms with E-state index < -0.39 is 6.03 Å². The van der Waals surface area contributed by atoms with Gasteiger partial charge in [-0.2, -0.15) is 0 Å². The van der Waals surface area contributed by atoms with Crippen molar-refractivity contribution in [2.45, 2.75) is 45.2 Å². The van der Waals surface area contributed by atoms with Gasteiger partial charge < -0.3 is 5.32 Å². The van der Waals surface area contributed by atoms with E-state index in [1.165, 1.54) is 12.8 Å². The maximum Gasteiger partial charge on any atom is 0.321 e. The maximum atomic E-state index is 11.8. The highest BCUT2D eigenvalue weighted by molar-refractivity contribution is 5.95. The molecule has 0 radical (unpaired) electrons. The molecule has 2 fully saturated rings. The fourth-order valence-corrected chi connectivity index (χ4v) is 2.47. The van der Waals surface area contributed by atoms with Gasteiger partial charge in [-0.15, -0.1) is 0 Å². The molecule has 0 atom stereocenters. The van der Waals surface area contributed by atoms with Gasteiger partial charge in [0.05, 0.1) is 6.54 Å². The Morgan fingerprint density at radius 1 is 1.10 bits per heavy atom. The smallest absolute Gasteiger partial charge is 0.321 e. The second kappa shape index (κ2) is 6.10. The molecule has 1 saturated carbocycles. The summed E-state index contributed by atoms with van der Waals surface area (Å²) in [6, 6.07) is 0.377. The molecule has 114 valence electrons. The first-order chi connectivity index (χ1) is 9.33. The molecule has 0 aromatic heterocycles. The summed E-state index contributed by atoms with van der Waals surface area (Å²) in [6.45, 7) is 9.83. The largest absolute Gasteiger partial charge is 0.333 e. The minimum Gasteiger partial charge on any atom is -0.333 e. The molecule has 1 saturated heterocycles. The van der Waals surface area contributed by atoms with Crippen LogP contribution >= 0.6 is 0 Å². The van der Waals surface area contributed by atoms with Gasteiger partial charge >= 0.3 is 6.03 Å². The standard InChI is InChI=1S/C14H26N4O2/c1-14(2,3)16-13(20)15-12(19)10-17-6-8-18(9-7-17)11-4-5-11/h11H,4-10H2,1-3H3,(H2,15,16,19,20). The predicted molar refractivity (Wildman–Crippen MR) is 77.5 cm³/mol. The molecule has 2 aliphatic rings. The van der Waals surface area contributed by atoms with Crippen molar-refractivity contribution in [1.82, 2.24) is 20.4 Å². The first kappa shape index (κ1) is 15.3. The number of hydrogen-bond acceptors (Lipinski definition) is 4. The molecule has 6 heteroatoms. The topological polar surface area (TPSA) is 64.7 Å². The van der Waals surface area contributed by atoms with Crippen molar-refractivity contribution in [2.24, 2.45) is 0 Å². The number of nitrogens with one attached hydrogen (secondary N) is 2. The average Bonchev–Trinajstić information content (AvgIpc) is 3.10. The molecule has 3 amide bonds. The minimum absolute atomic E-state index is 0.230. The predicted octanol–water partition coefficient (Wildman–Crippen LogP) is 0.391. The van der Waals surface area contributed by atoms with Gasteiger partial charge in [-0.3, -0.25) is 19.9 Å². The molecule has 0 aromatic rings. The molecule has 1 heterocycles. The Hall–Kier alpha value is -1.14. The van der Waals surface area contributed by atoms with Crippen LogP contribution in [-0.4, -0.2) is 66.0 Å². The van der Waals surface area contributed by atoms with Gasteiger partial charge in [0.25, 0.3) is 0 Å². The molecular weight excluding hydrogens is 256 g/mol. The van der Waals surface area contributed by atoms with Gasteiger partial charge in [-0.1, -0.05) is 0 Å². The molecule has 0 unspecified atom stereocenters. The Labute approximate surface area is 120 Å². The lowest BCUT2D eigenvalue weighted by molar-refractivity contribution is -0.121. The highest BCUT2D eigenvalue weighted by atomic mass is 16.2. The molecule has 6 nitrogen and oxygen atoms in total. The van der Waals surface area contributed by atoms with Crippen LogP contribution in [0.1, 0.15) is 33.6 Å². The number of urea groups is 1. The van der Waals surface area contributed by atoms with E-state index in [0.29, 0.717) is 6.54 Å². The van der Waals surface area contributed by atoms with Gasteiger partial charge in [0.1, 0.15) is 0 Å². The molecule has 1 aliphatic carbocycles. The fourth-order valence-electron chi connectivity index (χ4n) is 2.47. The lowest BCUT2D eigenvalue weighted by atomic mass is 10.1. The van der Waals surface area contributed by atoms with E-state index in [0.717, 1.165) is 32.2 Å². The zero-order chi connectivity index (χ0) is 14.8. The summed E-state index contributed by atoms with van der Waals surface area (Å²) in [6.07, 6.45) is 2.65. The highest BCUT2D eigenvalue weighted by Gasteiger charge is 2.31. The summed E-state index contributed by atoms with van der Waals surface area (Å²) >= 11 is 0. The van der Waals surface area contributed by atoms with Gasteiger partial charge in [-0.25, -0.2) is 4.79 Å². The van der Waals surface area contributed by atoms with Crippen molar-refractivity contribution in [3.05, 3.63) is 0 Å². The van der Waals surface area contributed by atoms with Crippen molar-refractivity contribution in [1.29, 1.82) is 0 Å². The van der Waals surface area contributed by atoms with E-state index in [1.54, 1.807) is 0 Å². The molecule has 0 aromatic carbocycles. The summed E-state index contributed by atoms with van der Waals surface area (Å²) in [5.74, 6) is -0.230. The number of carbonyl (C=O) groups excluding carboxylic acids is 2. The summed E-state index contributed by atoms with van der Waals surface area (Å²) in [7, 11) is 0. The SMILES string of the molecule is CC(C)(C)NC(=O)NC(=O)CN1CCN(C2CC2)CC1. The van der Waals surface area contributed by atoms with Crippen molar-refractivity contribution in [2.75, 3.05) is 32.7 Å². The summed E-state index contributed by atoms with van der Waals surface area (Å²) in [5, 5.41) is 5.11. The van der Waals surface area contributed by atoms with E-state index >= 15 is 0 Å². The Morgan fingerprint density at radius 3 is 2.20 bits per heavy atom. The molecule has 0 spiro atoms. The lowest BCUT2D eigenvalue weighted by Gasteiger charge is -2.34. The fraction of sp³-hybridized carbons (Fsp3) is 0.857. The van der Waals surface area contributed by atoms with Gasteiger partial charge in [0.15, 0.2) is 0 Å². The first-order valence-electron chi connectivity index (χ1n) is 7.42. The quantitative estimate of drug-likeness (QED) is 0.786. The number of imide groups is 1. The Morgan fingerprint density at radius 2 is 1.70 bits per heavy atom. The van der Waals surface area contributed by atoms with Crippen LogP contribution in [0.3, 0.4) is 0 Å². The van der Waals surface area contributed by atoms with Crippen LogP contribution < -0.4 is 10.6 Å². The molecule has 2 N–H and O–H groups in total. The Balaban J connectivity index is 1.65. The summed E-state index contributed by atoms with van der Waals surface area (Å²) in [4.78, 5) is 28.0. The van der Waals surface area contributed by atoms with Crippen LogP contribution in [0.4, 0.5) is 4.79 Å². The van der Waals surface area contributed by atoms with E-state index in [9.17, 15) is 9.59 Å². The van der Waals surface area contributed by atoms with E-state index in [1.807, 2.05) is 20.8 Å².